The third kappa shape index (κ3) is 7.53. The van der Waals surface area contributed by atoms with Crippen LogP contribution in [0.25, 0.3) is 6.08 Å². The van der Waals surface area contributed by atoms with E-state index in [2.05, 4.69) is 31.4 Å². The molecule has 1 amide bonds. The first-order chi connectivity index (χ1) is 16.9. The van der Waals surface area contributed by atoms with Gasteiger partial charge < -0.3 is 14.2 Å². The molecule has 1 aromatic heterocycles. The smallest absolute Gasteiger partial charge is 0.268 e. The van der Waals surface area contributed by atoms with E-state index in [-0.39, 0.29) is 5.57 Å². The van der Waals surface area contributed by atoms with Crippen molar-refractivity contribution in [1.82, 2.24) is 10.2 Å². The number of nitrogens with one attached hydrogen (secondary N) is 1. The Balaban J connectivity index is 1.72. The molecule has 0 aliphatic carbocycles. The number of benzene rings is 2. The van der Waals surface area contributed by atoms with Crippen LogP contribution in [0.1, 0.15) is 30.0 Å². The molecule has 0 bridgehead atoms. The molecule has 182 valence electrons. The number of nitriles is 1. The van der Waals surface area contributed by atoms with E-state index in [4.69, 9.17) is 14.2 Å². The molecule has 8 nitrogen and oxygen atoms in total. The van der Waals surface area contributed by atoms with Gasteiger partial charge in [-0.15, -0.1) is 10.2 Å². The monoisotopic (exact) mass is 556 g/mol. The SMILES string of the molecule is CCOc1cc(/C=C(/C#N)C(=O)Nc2nnc(CC)s2)cc(Br)c1OCCOc1cccc(C)c1. The van der Waals surface area contributed by atoms with Gasteiger partial charge in [0.25, 0.3) is 5.91 Å². The number of halogens is 1. The second-order valence-corrected chi connectivity index (χ2v) is 9.17. The highest BCUT2D eigenvalue weighted by Crippen LogP contribution is 2.37. The van der Waals surface area contributed by atoms with Gasteiger partial charge in [0.05, 0.1) is 11.1 Å². The van der Waals surface area contributed by atoms with Gasteiger partial charge in [-0.2, -0.15) is 5.26 Å². The predicted molar refractivity (Wildman–Crippen MR) is 139 cm³/mol. The lowest BCUT2D eigenvalue weighted by atomic mass is 10.1. The summed E-state index contributed by atoms with van der Waals surface area (Å²) in [5.41, 5.74) is 1.64. The number of nitrogens with zero attached hydrogens (tertiary/aromatic N) is 3. The minimum Gasteiger partial charge on any atom is -0.490 e. The van der Waals surface area contributed by atoms with Crippen LogP contribution in [0.4, 0.5) is 5.13 Å². The van der Waals surface area contributed by atoms with E-state index in [1.807, 2.05) is 51.1 Å². The number of aromatic nitrogens is 2. The number of amides is 1. The Morgan fingerprint density at radius 3 is 2.66 bits per heavy atom. The quantitative estimate of drug-likeness (QED) is 0.187. The van der Waals surface area contributed by atoms with Gasteiger partial charge in [-0.05, 0) is 77.7 Å². The molecular formula is C25H25BrN4O4S. The van der Waals surface area contributed by atoms with E-state index < -0.39 is 5.91 Å². The van der Waals surface area contributed by atoms with Crippen molar-refractivity contribution in [2.24, 2.45) is 0 Å². The standard InChI is InChI=1S/C25H25BrN4O4S/c1-4-22-29-30-25(35-22)28-24(31)18(15-27)12-17-13-20(26)23(21(14-17)32-5-2)34-10-9-33-19-8-6-7-16(3)11-19/h6-8,11-14H,4-5,9-10H2,1-3H3,(H,28,30,31)/b18-12-. The second kappa shape index (κ2) is 12.9. The summed E-state index contributed by atoms with van der Waals surface area (Å²) in [6.45, 7) is 6.89. The van der Waals surface area contributed by atoms with Crippen molar-refractivity contribution < 1.29 is 19.0 Å². The van der Waals surface area contributed by atoms with Crippen molar-refractivity contribution in [3.63, 3.8) is 0 Å². The zero-order valence-corrected chi connectivity index (χ0v) is 22.0. The first-order valence-electron chi connectivity index (χ1n) is 11.0. The number of carbonyl (C=O) groups excluding carboxylic acids is 1. The van der Waals surface area contributed by atoms with Crippen molar-refractivity contribution in [2.75, 3.05) is 25.1 Å². The average molecular weight is 557 g/mol. The van der Waals surface area contributed by atoms with Crippen LogP contribution in [-0.2, 0) is 11.2 Å². The second-order valence-electron chi connectivity index (χ2n) is 7.25. The van der Waals surface area contributed by atoms with Crippen LogP contribution in [0.15, 0.2) is 46.4 Å². The normalized spacial score (nSPS) is 11.0. The fourth-order valence-electron chi connectivity index (χ4n) is 3.01. The van der Waals surface area contributed by atoms with Crippen molar-refractivity contribution in [1.29, 1.82) is 5.26 Å². The number of anilines is 1. The molecule has 0 spiro atoms. The Bertz CT molecular complexity index is 1250. The molecule has 0 unspecified atom stereocenters. The minimum atomic E-state index is -0.561. The zero-order valence-electron chi connectivity index (χ0n) is 19.6. The van der Waals surface area contributed by atoms with Crippen molar-refractivity contribution in [2.45, 2.75) is 27.2 Å². The molecule has 35 heavy (non-hydrogen) atoms. The third-order valence-electron chi connectivity index (χ3n) is 4.59. The van der Waals surface area contributed by atoms with Crippen molar-refractivity contribution in [3.8, 4) is 23.3 Å². The molecule has 2 aromatic carbocycles. The highest BCUT2D eigenvalue weighted by molar-refractivity contribution is 9.10. The van der Waals surface area contributed by atoms with Crippen LogP contribution in [0.2, 0.25) is 0 Å². The minimum absolute atomic E-state index is 0.0761. The van der Waals surface area contributed by atoms with Crippen LogP contribution in [0.3, 0.4) is 0 Å². The summed E-state index contributed by atoms with van der Waals surface area (Å²) in [6.07, 6.45) is 2.20. The molecular weight excluding hydrogens is 532 g/mol. The number of hydrogen-bond donors (Lipinski definition) is 1. The first-order valence-corrected chi connectivity index (χ1v) is 12.6. The Morgan fingerprint density at radius 2 is 1.97 bits per heavy atom. The van der Waals surface area contributed by atoms with E-state index >= 15 is 0 Å². The van der Waals surface area contributed by atoms with Gasteiger partial charge >= 0.3 is 0 Å². The van der Waals surface area contributed by atoms with Gasteiger partial charge in [-0.25, -0.2) is 0 Å². The fourth-order valence-corrected chi connectivity index (χ4v) is 4.26. The van der Waals surface area contributed by atoms with E-state index in [0.29, 0.717) is 46.5 Å². The molecule has 1 N–H and O–H groups in total. The van der Waals surface area contributed by atoms with Gasteiger partial charge in [0, 0.05) is 0 Å². The Labute approximate surface area is 216 Å². The lowest BCUT2D eigenvalue weighted by Crippen LogP contribution is -2.13. The molecule has 0 aliphatic rings. The maximum Gasteiger partial charge on any atom is 0.268 e. The molecule has 0 atom stereocenters. The molecule has 3 aromatic rings. The van der Waals surface area contributed by atoms with Crippen molar-refractivity contribution in [3.05, 3.63) is 62.6 Å². The fraction of sp³-hybridized carbons (Fsp3) is 0.280. The van der Waals surface area contributed by atoms with Gasteiger partial charge in [0.2, 0.25) is 5.13 Å². The number of hydrogen-bond acceptors (Lipinski definition) is 8. The highest BCUT2D eigenvalue weighted by Gasteiger charge is 2.16. The summed E-state index contributed by atoms with van der Waals surface area (Å²) >= 11 is 4.79. The molecule has 3 rings (SSSR count). The van der Waals surface area contributed by atoms with Crippen molar-refractivity contribution >= 4 is 44.4 Å². The van der Waals surface area contributed by atoms with E-state index in [1.165, 1.54) is 17.4 Å². The maximum atomic E-state index is 12.6. The number of carbonyl (C=O) groups is 1. The first kappa shape index (κ1) is 26.2. The number of rotatable bonds is 11. The topological polar surface area (TPSA) is 106 Å². The average Bonchev–Trinajstić information content (AvgIpc) is 3.29. The van der Waals surface area contributed by atoms with Crippen LogP contribution in [0.5, 0.6) is 17.2 Å². The van der Waals surface area contributed by atoms with Crippen LogP contribution < -0.4 is 19.5 Å². The van der Waals surface area contributed by atoms with Gasteiger partial charge in [0.1, 0.15) is 35.6 Å². The largest absolute Gasteiger partial charge is 0.490 e. The van der Waals surface area contributed by atoms with E-state index in [1.54, 1.807) is 12.1 Å². The van der Waals surface area contributed by atoms with Crippen LogP contribution >= 0.6 is 27.3 Å². The summed E-state index contributed by atoms with van der Waals surface area (Å²) in [5, 5.41) is 21.2. The Kier molecular flexibility index (Phi) is 9.64. The van der Waals surface area contributed by atoms with Crippen LogP contribution in [0, 0.1) is 18.3 Å². The molecule has 0 saturated carbocycles. The number of ether oxygens (including phenoxy) is 3. The molecule has 0 saturated heterocycles. The molecule has 0 aliphatic heterocycles. The summed E-state index contributed by atoms with van der Waals surface area (Å²) < 4.78 is 18.0. The lowest BCUT2D eigenvalue weighted by molar-refractivity contribution is -0.112. The van der Waals surface area contributed by atoms with Gasteiger partial charge in [-0.1, -0.05) is 30.4 Å². The predicted octanol–water partition coefficient (Wildman–Crippen LogP) is 5.57. The van der Waals surface area contributed by atoms with Crippen LogP contribution in [-0.4, -0.2) is 35.9 Å². The highest BCUT2D eigenvalue weighted by atomic mass is 79.9. The third-order valence-corrected chi connectivity index (χ3v) is 6.16. The summed E-state index contributed by atoms with van der Waals surface area (Å²) in [7, 11) is 0. The maximum absolute atomic E-state index is 12.6. The zero-order chi connectivity index (χ0) is 25.2. The van der Waals surface area contributed by atoms with E-state index in [0.717, 1.165) is 22.7 Å². The molecule has 1 heterocycles. The molecule has 0 radical (unpaired) electrons. The summed E-state index contributed by atoms with van der Waals surface area (Å²) in [5.74, 6) is 1.22. The Hall–Kier alpha value is -3.42. The van der Waals surface area contributed by atoms with E-state index in [9.17, 15) is 10.1 Å². The number of aryl methyl sites for hydroxylation is 2. The lowest BCUT2D eigenvalue weighted by Gasteiger charge is -2.15. The Morgan fingerprint density at radius 1 is 1.17 bits per heavy atom. The molecule has 10 heteroatoms. The summed E-state index contributed by atoms with van der Waals surface area (Å²) in [6, 6.07) is 13.2. The van der Waals surface area contributed by atoms with Gasteiger partial charge in [-0.3, -0.25) is 10.1 Å². The molecule has 0 fully saturated rings. The van der Waals surface area contributed by atoms with Gasteiger partial charge in [0.15, 0.2) is 11.5 Å². The summed E-state index contributed by atoms with van der Waals surface area (Å²) in [4.78, 5) is 12.6.